The van der Waals surface area contributed by atoms with Crippen molar-refractivity contribution in [1.29, 1.82) is 0 Å². The van der Waals surface area contributed by atoms with E-state index in [2.05, 4.69) is 48.2 Å². The van der Waals surface area contributed by atoms with Crippen LogP contribution in [-0.2, 0) is 9.84 Å². The van der Waals surface area contributed by atoms with Crippen LogP contribution in [0.5, 0.6) is 0 Å². The van der Waals surface area contributed by atoms with Gasteiger partial charge in [-0.1, -0.05) is 0 Å². The van der Waals surface area contributed by atoms with E-state index in [1.54, 1.807) is 27.8 Å². The Morgan fingerprint density at radius 3 is 1.92 bits per heavy atom. The summed E-state index contributed by atoms with van der Waals surface area (Å²) in [7, 11) is -1.41. The second-order valence-electron chi connectivity index (χ2n) is 7.64. The molecule has 0 fully saturated rings. The first-order valence-corrected chi connectivity index (χ1v) is 10.5. The third-order valence-corrected chi connectivity index (χ3v) is 6.64. The lowest BCUT2D eigenvalue weighted by Crippen LogP contribution is -2.43. The molecule has 8 heteroatoms. The Hall–Kier alpha value is -0.0900. The molecule has 0 aliphatic heterocycles. The van der Waals surface area contributed by atoms with Crippen LogP contribution in [0.1, 0.15) is 54.9 Å². The molecule has 0 saturated carbocycles. The Morgan fingerprint density at radius 2 is 1.52 bits per heavy atom. The minimum Gasteiger partial charge on any atom is -0.356 e. The number of halogens is 1. The van der Waals surface area contributed by atoms with E-state index in [4.69, 9.17) is 0 Å². The number of rotatable bonds is 9. The van der Waals surface area contributed by atoms with Crippen LogP contribution in [0, 0.1) is 0 Å². The zero-order valence-corrected chi connectivity index (χ0v) is 20.4. The van der Waals surface area contributed by atoms with Crippen molar-refractivity contribution < 1.29 is 8.42 Å². The fourth-order valence-electron chi connectivity index (χ4n) is 2.41. The predicted octanol–water partition coefficient (Wildman–Crippen LogP) is 2.49. The van der Waals surface area contributed by atoms with Crippen LogP contribution in [-0.4, -0.2) is 68.5 Å². The molecule has 0 bridgehead atoms. The first-order valence-electron chi connectivity index (χ1n) is 8.85. The lowest BCUT2D eigenvalue weighted by molar-refractivity contribution is 0.173. The molecule has 0 heterocycles. The van der Waals surface area contributed by atoms with E-state index in [9.17, 15) is 8.42 Å². The van der Waals surface area contributed by atoms with Crippen LogP contribution < -0.4 is 10.6 Å². The summed E-state index contributed by atoms with van der Waals surface area (Å²) in [5, 5.41) is 6.32. The molecule has 0 amide bonds. The molecule has 0 aliphatic carbocycles. The number of nitrogens with one attached hydrogen (secondary N) is 2. The molecule has 0 aromatic carbocycles. The van der Waals surface area contributed by atoms with Gasteiger partial charge in [-0.15, -0.1) is 24.0 Å². The summed E-state index contributed by atoms with van der Waals surface area (Å²) in [4.78, 5) is 6.59. The molecule has 0 radical (unpaired) electrons. The van der Waals surface area contributed by atoms with Gasteiger partial charge in [-0.2, -0.15) is 0 Å². The monoisotopic (exact) mass is 490 g/mol. The van der Waals surface area contributed by atoms with Crippen LogP contribution in [0.3, 0.4) is 0 Å². The molecule has 0 saturated heterocycles. The van der Waals surface area contributed by atoms with Gasteiger partial charge in [-0.3, -0.25) is 9.89 Å². The molecule has 0 aromatic heterocycles. The maximum atomic E-state index is 12.1. The van der Waals surface area contributed by atoms with Gasteiger partial charge in [0.2, 0.25) is 0 Å². The molecule has 25 heavy (non-hydrogen) atoms. The van der Waals surface area contributed by atoms with Gasteiger partial charge in [0, 0.05) is 38.8 Å². The van der Waals surface area contributed by atoms with Crippen molar-refractivity contribution in [3.63, 3.8) is 0 Å². The standard InChI is InChI=1S/C17H38N4O2S.HI/c1-14(2)21(15(3)4)12-9-10-19-16(18-8)20-11-13-24(22,23)17(5,6)7;/h14-15H,9-13H2,1-8H3,(H2,18,19,20);1H. The highest BCUT2D eigenvalue weighted by Crippen LogP contribution is 2.15. The summed E-state index contributed by atoms with van der Waals surface area (Å²) in [6.45, 7) is 16.2. The van der Waals surface area contributed by atoms with Crippen molar-refractivity contribution in [2.75, 3.05) is 32.4 Å². The molecular formula is C17H39IN4O2S. The van der Waals surface area contributed by atoms with Gasteiger partial charge in [-0.25, -0.2) is 8.42 Å². The Balaban J connectivity index is 0. The number of sulfone groups is 1. The van der Waals surface area contributed by atoms with Crippen molar-refractivity contribution >= 4 is 39.8 Å². The Kier molecular flexibility index (Phi) is 13.4. The third-order valence-electron chi connectivity index (χ3n) is 4.03. The normalized spacial score (nSPS) is 13.3. The Bertz CT molecular complexity index is 477. The van der Waals surface area contributed by atoms with Crippen molar-refractivity contribution in [2.45, 2.75) is 71.7 Å². The largest absolute Gasteiger partial charge is 0.356 e. The first kappa shape index (κ1) is 27.1. The van der Waals surface area contributed by atoms with E-state index < -0.39 is 14.6 Å². The summed E-state index contributed by atoms with van der Waals surface area (Å²) >= 11 is 0. The molecule has 0 atom stereocenters. The number of nitrogens with zero attached hydrogens (tertiary/aromatic N) is 2. The maximum absolute atomic E-state index is 12.1. The average molecular weight is 490 g/mol. The van der Waals surface area contributed by atoms with Crippen LogP contribution in [0.2, 0.25) is 0 Å². The number of hydrogen-bond acceptors (Lipinski definition) is 4. The van der Waals surface area contributed by atoms with Gasteiger partial charge in [0.15, 0.2) is 15.8 Å². The Morgan fingerprint density at radius 1 is 1.04 bits per heavy atom. The molecule has 6 nitrogen and oxygen atoms in total. The fourth-order valence-corrected chi connectivity index (χ4v) is 3.39. The lowest BCUT2D eigenvalue weighted by atomic mass is 10.2. The predicted molar refractivity (Wildman–Crippen MR) is 120 cm³/mol. The third kappa shape index (κ3) is 10.6. The topological polar surface area (TPSA) is 73.8 Å². The first-order chi connectivity index (χ1) is 10.9. The summed E-state index contributed by atoms with van der Waals surface area (Å²) in [5.41, 5.74) is 0. The summed E-state index contributed by atoms with van der Waals surface area (Å²) in [5.74, 6) is 0.755. The fraction of sp³-hybridized carbons (Fsp3) is 0.941. The smallest absolute Gasteiger partial charge is 0.191 e. The highest BCUT2D eigenvalue weighted by molar-refractivity contribution is 14.0. The minimum absolute atomic E-state index is 0. The van der Waals surface area contributed by atoms with Crippen molar-refractivity contribution in [2.24, 2.45) is 4.99 Å². The molecular weight excluding hydrogens is 451 g/mol. The van der Waals surface area contributed by atoms with Gasteiger partial charge in [-0.05, 0) is 54.9 Å². The van der Waals surface area contributed by atoms with Crippen LogP contribution in [0.15, 0.2) is 4.99 Å². The molecule has 0 rings (SSSR count). The van der Waals surface area contributed by atoms with Gasteiger partial charge < -0.3 is 10.6 Å². The molecule has 0 aliphatic rings. The Labute approximate surface area is 172 Å². The highest BCUT2D eigenvalue weighted by Gasteiger charge is 2.28. The minimum atomic E-state index is -3.11. The number of aliphatic imine (C=N–C) groups is 1. The molecule has 2 N–H and O–H groups in total. The van der Waals surface area contributed by atoms with E-state index in [-0.39, 0.29) is 29.7 Å². The average Bonchev–Trinajstić information content (AvgIpc) is 2.42. The van der Waals surface area contributed by atoms with E-state index in [0.717, 1.165) is 19.5 Å². The van der Waals surface area contributed by atoms with Gasteiger partial charge in [0.05, 0.1) is 10.5 Å². The SMILES string of the molecule is CN=C(NCCCN(C(C)C)C(C)C)NCCS(=O)(=O)C(C)(C)C.I. The second-order valence-corrected chi connectivity index (χ2v) is 10.5. The van der Waals surface area contributed by atoms with Crippen molar-refractivity contribution in [3.8, 4) is 0 Å². The van der Waals surface area contributed by atoms with Gasteiger partial charge in [0.25, 0.3) is 0 Å². The summed E-state index contributed by atoms with van der Waals surface area (Å²) in [6, 6.07) is 1.06. The molecule has 152 valence electrons. The van der Waals surface area contributed by atoms with Crippen LogP contribution in [0.25, 0.3) is 0 Å². The van der Waals surface area contributed by atoms with E-state index in [1.807, 2.05) is 0 Å². The lowest BCUT2D eigenvalue weighted by Gasteiger charge is -2.30. The highest BCUT2D eigenvalue weighted by atomic mass is 127. The summed E-state index contributed by atoms with van der Waals surface area (Å²) < 4.78 is 23.4. The van der Waals surface area contributed by atoms with Crippen molar-refractivity contribution in [3.05, 3.63) is 0 Å². The molecule has 0 unspecified atom stereocenters. The van der Waals surface area contributed by atoms with Gasteiger partial charge in [0.1, 0.15) is 0 Å². The van der Waals surface area contributed by atoms with E-state index in [1.165, 1.54) is 0 Å². The van der Waals surface area contributed by atoms with E-state index in [0.29, 0.717) is 24.6 Å². The molecule has 0 aromatic rings. The maximum Gasteiger partial charge on any atom is 0.191 e. The second kappa shape index (κ2) is 12.3. The van der Waals surface area contributed by atoms with Crippen LogP contribution in [0.4, 0.5) is 0 Å². The zero-order valence-electron chi connectivity index (χ0n) is 17.2. The number of hydrogen-bond donors (Lipinski definition) is 2. The quantitative estimate of drug-likeness (QED) is 0.225. The van der Waals surface area contributed by atoms with Crippen molar-refractivity contribution in [1.82, 2.24) is 15.5 Å². The van der Waals surface area contributed by atoms with Crippen LogP contribution >= 0.6 is 24.0 Å². The molecule has 0 spiro atoms. The zero-order chi connectivity index (χ0) is 19.0. The number of guanidine groups is 1. The summed E-state index contributed by atoms with van der Waals surface area (Å²) in [6.07, 6.45) is 1.01. The van der Waals surface area contributed by atoms with Gasteiger partial charge >= 0.3 is 0 Å². The van der Waals surface area contributed by atoms with E-state index >= 15 is 0 Å².